The minimum absolute atomic E-state index is 0.0195. The van der Waals surface area contributed by atoms with Crippen LogP contribution in [0, 0.1) is 5.92 Å². The maximum absolute atomic E-state index is 13.4. The number of likely N-dealkylation sites (N-methyl/N-ethyl adjacent to an activating group) is 1. The molecular formula is C33H36N2O5. The molecule has 1 saturated heterocycles. The van der Waals surface area contributed by atoms with Gasteiger partial charge in [-0.25, -0.2) is 0 Å². The van der Waals surface area contributed by atoms with E-state index in [4.69, 9.17) is 9.15 Å². The van der Waals surface area contributed by atoms with Gasteiger partial charge in [-0.2, -0.15) is 0 Å². The number of benzene rings is 2. The number of likely N-dealkylation sites (tertiary alicyclic amines) is 1. The van der Waals surface area contributed by atoms with Crippen LogP contribution in [0.25, 0.3) is 6.08 Å². The topological polar surface area (TPSA) is 86.4 Å². The second kappa shape index (κ2) is 9.25. The number of phenolic OH excluding ortho intramolecular Hbond substituents is 1. The molecule has 40 heavy (non-hydrogen) atoms. The maximum Gasteiger partial charge on any atom is 0.246 e. The molecular weight excluding hydrogens is 504 g/mol. The van der Waals surface area contributed by atoms with Crippen LogP contribution in [0.4, 0.5) is 0 Å². The van der Waals surface area contributed by atoms with Gasteiger partial charge in [0.1, 0.15) is 6.10 Å². The van der Waals surface area contributed by atoms with E-state index in [0.29, 0.717) is 25.0 Å². The highest BCUT2D eigenvalue weighted by molar-refractivity contribution is 5.92. The van der Waals surface area contributed by atoms with Gasteiger partial charge in [0.15, 0.2) is 11.5 Å². The summed E-state index contributed by atoms with van der Waals surface area (Å²) in [6.45, 7) is 3.81. The van der Waals surface area contributed by atoms with Gasteiger partial charge in [-0.05, 0) is 67.5 Å². The third kappa shape index (κ3) is 3.53. The molecule has 208 valence electrons. The van der Waals surface area contributed by atoms with Gasteiger partial charge in [-0.3, -0.25) is 9.69 Å². The Morgan fingerprint density at radius 3 is 2.80 bits per heavy atom. The van der Waals surface area contributed by atoms with Crippen LogP contribution in [0.1, 0.15) is 42.0 Å². The first kappa shape index (κ1) is 25.4. The fraction of sp³-hybridized carbons (Fsp3) is 0.424. The summed E-state index contributed by atoms with van der Waals surface area (Å²) >= 11 is 0. The summed E-state index contributed by atoms with van der Waals surface area (Å²) in [5.41, 5.74) is 2.49. The molecule has 4 aliphatic rings. The van der Waals surface area contributed by atoms with Crippen LogP contribution in [-0.2, 0) is 23.1 Å². The lowest BCUT2D eigenvalue weighted by Crippen LogP contribution is -2.79. The molecule has 2 aromatic carbocycles. The highest BCUT2D eigenvalue weighted by atomic mass is 16.5. The zero-order valence-electron chi connectivity index (χ0n) is 23.0. The normalized spacial score (nSPS) is 32.1. The third-order valence-electron chi connectivity index (χ3n) is 10.2. The van der Waals surface area contributed by atoms with Crippen molar-refractivity contribution in [1.29, 1.82) is 0 Å². The molecule has 7 nitrogen and oxygen atoms in total. The van der Waals surface area contributed by atoms with Crippen molar-refractivity contribution in [2.75, 3.05) is 20.1 Å². The molecule has 6 atom stereocenters. The Kier molecular flexibility index (Phi) is 5.88. The summed E-state index contributed by atoms with van der Waals surface area (Å²) in [5, 5.41) is 23.8. The Hall–Kier alpha value is -3.55. The van der Waals surface area contributed by atoms with E-state index < -0.39 is 17.1 Å². The highest BCUT2D eigenvalue weighted by Gasteiger charge is 2.74. The quantitative estimate of drug-likeness (QED) is 0.457. The summed E-state index contributed by atoms with van der Waals surface area (Å²) in [5.74, 6) is 0.451. The Morgan fingerprint density at radius 2 is 2.02 bits per heavy atom. The van der Waals surface area contributed by atoms with Crippen LogP contribution in [0.15, 0.2) is 71.6 Å². The number of piperidine rings is 1. The molecule has 0 radical (unpaired) electrons. The number of carbonyl (C=O) groups excluding carboxylic acids is 1. The smallest absolute Gasteiger partial charge is 0.246 e. The van der Waals surface area contributed by atoms with Gasteiger partial charge >= 0.3 is 0 Å². The van der Waals surface area contributed by atoms with Crippen molar-refractivity contribution in [2.45, 2.75) is 61.8 Å². The fourth-order valence-corrected chi connectivity index (χ4v) is 8.45. The minimum Gasteiger partial charge on any atom is -0.504 e. The lowest BCUT2D eigenvalue weighted by molar-refractivity contribution is -0.211. The van der Waals surface area contributed by atoms with Gasteiger partial charge in [-0.15, -0.1) is 0 Å². The van der Waals surface area contributed by atoms with Crippen molar-refractivity contribution in [1.82, 2.24) is 9.80 Å². The molecule has 1 saturated carbocycles. The Morgan fingerprint density at radius 1 is 1.20 bits per heavy atom. The first-order valence-electron chi connectivity index (χ1n) is 14.3. The van der Waals surface area contributed by atoms with Gasteiger partial charge in [-0.1, -0.05) is 43.3 Å². The zero-order valence-corrected chi connectivity index (χ0v) is 23.0. The predicted molar refractivity (Wildman–Crippen MR) is 151 cm³/mol. The van der Waals surface area contributed by atoms with E-state index in [0.717, 1.165) is 36.2 Å². The Balaban J connectivity index is 1.26. The first-order valence-corrected chi connectivity index (χ1v) is 14.3. The molecule has 2 aliphatic heterocycles. The first-order chi connectivity index (χ1) is 19.3. The zero-order chi connectivity index (χ0) is 27.6. The number of phenols is 1. The summed E-state index contributed by atoms with van der Waals surface area (Å²) in [6.07, 6.45) is 8.94. The van der Waals surface area contributed by atoms with E-state index in [-0.39, 0.29) is 29.7 Å². The van der Waals surface area contributed by atoms with Gasteiger partial charge < -0.3 is 24.3 Å². The van der Waals surface area contributed by atoms with Crippen molar-refractivity contribution >= 4 is 12.0 Å². The van der Waals surface area contributed by atoms with E-state index in [1.54, 1.807) is 41.7 Å². The van der Waals surface area contributed by atoms with Gasteiger partial charge in [0, 0.05) is 36.8 Å². The fourth-order valence-electron chi connectivity index (χ4n) is 8.45. The number of aromatic hydroxyl groups is 1. The van der Waals surface area contributed by atoms with E-state index in [1.165, 1.54) is 5.56 Å². The third-order valence-corrected chi connectivity index (χ3v) is 10.2. The second-order valence-electron chi connectivity index (χ2n) is 12.1. The molecule has 3 unspecified atom stereocenters. The standard InChI is InChI=1S/C33H36N2O5/c1-21-19-33(38)26-18-24-9-10-25(36)30-28(24)32(33,14-16-35(26)15-12-22-6-4-3-5-7-22)31(40-30)29(21)34(2)27(37)11-8-23-13-17-39-20-23/h3-11,13,17,20-21,26,29,31,36,38H,12,14-16,18-19H2,1-2H3/b11-8+/t21?,26-,29?,31?,32+,33-/m1/s1. The van der Waals surface area contributed by atoms with Crippen molar-refractivity contribution in [2.24, 2.45) is 5.92 Å². The summed E-state index contributed by atoms with van der Waals surface area (Å²) in [6, 6.07) is 15.7. The number of nitrogens with zero attached hydrogens (tertiary/aromatic N) is 2. The number of hydrogen-bond donors (Lipinski definition) is 2. The predicted octanol–water partition coefficient (Wildman–Crippen LogP) is 4.17. The number of carbonyl (C=O) groups is 1. The van der Waals surface area contributed by atoms with Crippen LogP contribution < -0.4 is 4.74 Å². The molecule has 3 aromatic rings. The average Bonchev–Trinajstić information content (AvgIpc) is 3.58. The monoisotopic (exact) mass is 540 g/mol. The van der Waals surface area contributed by atoms with E-state index in [9.17, 15) is 15.0 Å². The lowest BCUT2D eigenvalue weighted by atomic mass is 9.46. The van der Waals surface area contributed by atoms with Crippen molar-refractivity contribution in [3.63, 3.8) is 0 Å². The molecule has 2 fully saturated rings. The number of furan rings is 1. The molecule has 1 spiro atoms. The number of ether oxygens (including phenoxy) is 1. The van der Waals surface area contributed by atoms with Gasteiger partial charge in [0.2, 0.25) is 5.91 Å². The Bertz CT molecular complexity index is 1450. The number of hydrogen-bond acceptors (Lipinski definition) is 6. The minimum atomic E-state index is -1.04. The van der Waals surface area contributed by atoms with Gasteiger partial charge in [0.25, 0.3) is 0 Å². The number of rotatable bonds is 6. The van der Waals surface area contributed by atoms with Crippen molar-refractivity contribution < 1.29 is 24.2 Å². The molecule has 7 heteroatoms. The van der Waals surface area contributed by atoms with Crippen LogP contribution >= 0.6 is 0 Å². The molecule has 7 rings (SSSR count). The van der Waals surface area contributed by atoms with Crippen molar-refractivity contribution in [3.8, 4) is 11.5 Å². The molecule has 2 N–H and O–H groups in total. The SMILES string of the molecule is CC1C[C@@]2(O)[C@H]3Cc4ccc(O)c5c4[C@@]2(CCN3CCc2ccccc2)C(O5)C1N(C)C(=O)/C=C/c1ccoc1. The number of amides is 1. The lowest BCUT2D eigenvalue weighted by Gasteiger charge is -2.66. The molecule has 2 bridgehead atoms. The average molecular weight is 541 g/mol. The Labute approximate surface area is 234 Å². The van der Waals surface area contributed by atoms with Crippen molar-refractivity contribution in [3.05, 3.63) is 89.4 Å². The summed E-state index contributed by atoms with van der Waals surface area (Å²) in [7, 11) is 1.83. The van der Waals surface area contributed by atoms with Crippen LogP contribution in [-0.4, -0.2) is 69.8 Å². The van der Waals surface area contributed by atoms with E-state index in [2.05, 4.69) is 36.1 Å². The molecule has 1 amide bonds. The maximum atomic E-state index is 13.4. The number of aliphatic hydroxyl groups is 1. The van der Waals surface area contributed by atoms with Crippen LogP contribution in [0.2, 0.25) is 0 Å². The van der Waals surface area contributed by atoms with Crippen LogP contribution in [0.3, 0.4) is 0 Å². The molecule has 2 aliphatic carbocycles. The van der Waals surface area contributed by atoms with Crippen LogP contribution in [0.5, 0.6) is 11.5 Å². The summed E-state index contributed by atoms with van der Waals surface area (Å²) < 4.78 is 11.8. The van der Waals surface area contributed by atoms with Gasteiger partial charge in [0.05, 0.1) is 29.6 Å². The molecule has 3 heterocycles. The van der Waals surface area contributed by atoms with E-state index in [1.807, 2.05) is 19.2 Å². The largest absolute Gasteiger partial charge is 0.504 e. The molecule has 1 aromatic heterocycles. The second-order valence-corrected chi connectivity index (χ2v) is 12.1. The summed E-state index contributed by atoms with van der Waals surface area (Å²) in [4.78, 5) is 17.7. The highest BCUT2D eigenvalue weighted by Crippen LogP contribution is 2.66. The van der Waals surface area contributed by atoms with E-state index >= 15 is 0 Å².